The van der Waals surface area contributed by atoms with Crippen molar-refractivity contribution in [2.45, 2.75) is 12.8 Å². The molecule has 0 unspecified atom stereocenters. The molecule has 5 heteroatoms. The molecule has 1 heterocycles. The molecule has 1 fully saturated rings. The van der Waals surface area contributed by atoms with E-state index >= 15 is 0 Å². The van der Waals surface area contributed by atoms with Gasteiger partial charge in [-0.25, -0.2) is 0 Å². The lowest BCUT2D eigenvalue weighted by Gasteiger charge is -2.23. The normalized spacial score (nSPS) is 15.3. The third-order valence-corrected chi connectivity index (χ3v) is 3.59. The fourth-order valence-corrected chi connectivity index (χ4v) is 2.34. The van der Waals surface area contributed by atoms with E-state index in [0.29, 0.717) is 0 Å². The van der Waals surface area contributed by atoms with Gasteiger partial charge in [-0.05, 0) is 56.1 Å². The Bertz CT molecular complexity index is 414. The van der Waals surface area contributed by atoms with Crippen LogP contribution in [-0.2, 0) is 0 Å². The van der Waals surface area contributed by atoms with E-state index in [-0.39, 0.29) is 18.3 Å². The molecule has 112 valence electrons. The molecule has 2 N–H and O–H groups in total. The Morgan fingerprint density at radius 3 is 2.40 bits per heavy atom. The summed E-state index contributed by atoms with van der Waals surface area (Å²) >= 11 is 0. The summed E-state index contributed by atoms with van der Waals surface area (Å²) in [7, 11) is 3.54. The Kier molecular flexibility index (Phi) is 6.82. The average Bonchev–Trinajstić information content (AvgIpc) is 2.46. The molecule has 1 amide bonds. The van der Waals surface area contributed by atoms with Crippen molar-refractivity contribution in [1.82, 2.24) is 10.2 Å². The van der Waals surface area contributed by atoms with Crippen LogP contribution in [0, 0.1) is 5.92 Å². The molecular weight excluding hydrogens is 274 g/mol. The van der Waals surface area contributed by atoms with Crippen molar-refractivity contribution < 1.29 is 4.79 Å². The molecule has 1 saturated heterocycles. The fourth-order valence-electron chi connectivity index (χ4n) is 2.34. The highest BCUT2D eigenvalue weighted by Crippen LogP contribution is 2.15. The summed E-state index contributed by atoms with van der Waals surface area (Å²) in [6.07, 6.45) is 2.48. The van der Waals surface area contributed by atoms with Gasteiger partial charge < -0.3 is 15.5 Å². The second-order valence-corrected chi connectivity index (χ2v) is 5.35. The fraction of sp³-hybridized carbons (Fsp3) is 0.533. The van der Waals surface area contributed by atoms with Crippen LogP contribution in [0.25, 0.3) is 0 Å². The van der Waals surface area contributed by atoms with Crippen LogP contribution in [0.4, 0.5) is 5.69 Å². The number of anilines is 1. The lowest BCUT2D eigenvalue weighted by molar-refractivity contribution is 0.0827. The van der Waals surface area contributed by atoms with Gasteiger partial charge in [0.1, 0.15) is 0 Å². The number of hydrogen-bond acceptors (Lipinski definition) is 3. The van der Waals surface area contributed by atoms with Gasteiger partial charge in [0.2, 0.25) is 0 Å². The third-order valence-electron chi connectivity index (χ3n) is 3.59. The Morgan fingerprint density at radius 2 is 1.85 bits per heavy atom. The molecule has 0 bridgehead atoms. The van der Waals surface area contributed by atoms with Crippen molar-refractivity contribution in [2.24, 2.45) is 5.92 Å². The van der Waals surface area contributed by atoms with Crippen LogP contribution in [0.2, 0.25) is 0 Å². The molecular formula is C15H24ClN3O. The van der Waals surface area contributed by atoms with Crippen molar-refractivity contribution in [1.29, 1.82) is 0 Å². The number of nitrogens with one attached hydrogen (secondary N) is 2. The molecule has 1 aromatic rings. The van der Waals surface area contributed by atoms with Crippen molar-refractivity contribution in [3.05, 3.63) is 29.8 Å². The summed E-state index contributed by atoms with van der Waals surface area (Å²) in [6.45, 7) is 3.27. The first-order chi connectivity index (χ1) is 9.16. The van der Waals surface area contributed by atoms with Gasteiger partial charge in [0.15, 0.2) is 0 Å². The minimum Gasteiger partial charge on any atom is -0.385 e. The Balaban J connectivity index is 0.00000200. The van der Waals surface area contributed by atoms with Gasteiger partial charge in [0.05, 0.1) is 0 Å². The van der Waals surface area contributed by atoms with E-state index in [1.165, 1.54) is 12.8 Å². The van der Waals surface area contributed by atoms with Crippen LogP contribution in [0.3, 0.4) is 0 Å². The Labute approximate surface area is 127 Å². The molecule has 0 aliphatic carbocycles. The SMILES string of the molecule is CN(C)C(=O)c1ccc(NCC2CCNCC2)cc1.Cl. The molecule has 1 aliphatic heterocycles. The van der Waals surface area contributed by atoms with Gasteiger partial charge in [-0.2, -0.15) is 0 Å². The third kappa shape index (κ3) is 4.69. The molecule has 2 rings (SSSR count). The van der Waals surface area contributed by atoms with Gasteiger partial charge in [-0.1, -0.05) is 0 Å². The minimum absolute atomic E-state index is 0. The molecule has 0 aromatic heterocycles. The van der Waals surface area contributed by atoms with Crippen LogP contribution in [0.15, 0.2) is 24.3 Å². The number of hydrogen-bond donors (Lipinski definition) is 2. The maximum Gasteiger partial charge on any atom is 0.253 e. The second kappa shape index (κ2) is 8.12. The molecule has 0 spiro atoms. The molecule has 20 heavy (non-hydrogen) atoms. The highest BCUT2D eigenvalue weighted by Gasteiger charge is 2.12. The van der Waals surface area contributed by atoms with Crippen molar-refractivity contribution >= 4 is 24.0 Å². The van der Waals surface area contributed by atoms with Crippen LogP contribution < -0.4 is 10.6 Å². The van der Waals surface area contributed by atoms with E-state index in [1.807, 2.05) is 24.3 Å². The summed E-state index contributed by atoms with van der Waals surface area (Å²) in [5.41, 5.74) is 1.83. The summed E-state index contributed by atoms with van der Waals surface area (Å²) in [6, 6.07) is 7.73. The standard InChI is InChI=1S/C15H23N3O.ClH/c1-18(2)15(19)13-3-5-14(6-4-13)17-11-12-7-9-16-10-8-12;/h3-6,12,16-17H,7-11H2,1-2H3;1H. The quantitative estimate of drug-likeness (QED) is 0.896. The molecule has 4 nitrogen and oxygen atoms in total. The molecule has 0 atom stereocenters. The van der Waals surface area contributed by atoms with Gasteiger partial charge in [-0.3, -0.25) is 4.79 Å². The lowest BCUT2D eigenvalue weighted by Crippen LogP contribution is -2.31. The summed E-state index contributed by atoms with van der Waals surface area (Å²) in [5, 5.41) is 6.83. The van der Waals surface area contributed by atoms with E-state index in [2.05, 4.69) is 10.6 Å². The zero-order valence-corrected chi connectivity index (χ0v) is 13.0. The van der Waals surface area contributed by atoms with Crippen LogP contribution in [0.1, 0.15) is 23.2 Å². The average molecular weight is 298 g/mol. The van der Waals surface area contributed by atoms with E-state index in [9.17, 15) is 4.79 Å². The highest BCUT2D eigenvalue weighted by atomic mass is 35.5. The Hall–Kier alpha value is -1.26. The topological polar surface area (TPSA) is 44.4 Å². The number of benzene rings is 1. The maximum absolute atomic E-state index is 11.8. The molecule has 1 aromatic carbocycles. The smallest absolute Gasteiger partial charge is 0.253 e. The summed E-state index contributed by atoms with van der Waals surface area (Å²) < 4.78 is 0. The van der Waals surface area contributed by atoms with Crippen molar-refractivity contribution in [2.75, 3.05) is 39.0 Å². The Morgan fingerprint density at radius 1 is 1.25 bits per heavy atom. The first kappa shape index (κ1) is 16.8. The minimum atomic E-state index is 0. The second-order valence-electron chi connectivity index (χ2n) is 5.35. The molecule has 0 saturated carbocycles. The van der Waals surface area contributed by atoms with Gasteiger partial charge >= 0.3 is 0 Å². The number of rotatable bonds is 4. The highest BCUT2D eigenvalue weighted by molar-refractivity contribution is 5.94. The number of piperidine rings is 1. The largest absolute Gasteiger partial charge is 0.385 e. The first-order valence-corrected chi connectivity index (χ1v) is 6.93. The predicted octanol–water partition coefficient (Wildman–Crippen LogP) is 2.22. The van der Waals surface area contributed by atoms with Gasteiger partial charge in [0, 0.05) is 31.9 Å². The zero-order valence-electron chi connectivity index (χ0n) is 12.2. The van der Waals surface area contributed by atoms with E-state index < -0.39 is 0 Å². The predicted molar refractivity (Wildman–Crippen MR) is 85.8 cm³/mol. The number of carbonyl (C=O) groups excluding carboxylic acids is 1. The number of amides is 1. The van der Waals surface area contributed by atoms with Crippen LogP contribution in [0.5, 0.6) is 0 Å². The van der Waals surface area contributed by atoms with Crippen molar-refractivity contribution in [3.8, 4) is 0 Å². The first-order valence-electron chi connectivity index (χ1n) is 6.93. The van der Waals surface area contributed by atoms with Gasteiger partial charge in [-0.15, -0.1) is 12.4 Å². The molecule has 0 radical (unpaired) electrons. The van der Waals surface area contributed by atoms with Crippen LogP contribution >= 0.6 is 12.4 Å². The summed E-state index contributed by atoms with van der Waals surface area (Å²) in [4.78, 5) is 13.4. The van der Waals surface area contributed by atoms with Crippen LogP contribution in [-0.4, -0.2) is 44.5 Å². The number of halogens is 1. The van der Waals surface area contributed by atoms with Gasteiger partial charge in [0.25, 0.3) is 5.91 Å². The maximum atomic E-state index is 11.8. The monoisotopic (exact) mass is 297 g/mol. The van der Waals surface area contributed by atoms with Crippen molar-refractivity contribution in [3.63, 3.8) is 0 Å². The molecule has 1 aliphatic rings. The van der Waals surface area contributed by atoms with E-state index in [1.54, 1.807) is 19.0 Å². The number of nitrogens with zero attached hydrogens (tertiary/aromatic N) is 1. The lowest BCUT2D eigenvalue weighted by atomic mass is 9.98. The summed E-state index contributed by atoms with van der Waals surface area (Å²) in [5.74, 6) is 0.800. The van der Waals surface area contributed by atoms with E-state index in [0.717, 1.165) is 36.8 Å². The zero-order chi connectivity index (χ0) is 13.7. The number of carbonyl (C=O) groups is 1. The van der Waals surface area contributed by atoms with E-state index in [4.69, 9.17) is 0 Å².